The van der Waals surface area contributed by atoms with Gasteiger partial charge in [-0.05, 0) is 54.4 Å². The number of halogens is 1. The van der Waals surface area contributed by atoms with Crippen LogP contribution in [0, 0.1) is 5.82 Å². The number of amides is 2. The van der Waals surface area contributed by atoms with Gasteiger partial charge in [0.25, 0.3) is 11.8 Å². The number of benzene rings is 3. The van der Waals surface area contributed by atoms with Crippen LogP contribution >= 0.6 is 0 Å². The number of likely N-dealkylation sites (N-methyl/N-ethyl adjacent to an activating group) is 1. The smallest absolute Gasteiger partial charge is 0.282 e. The molecule has 0 unspecified atom stereocenters. The largest absolute Gasteiger partial charge is 0.494 e. The van der Waals surface area contributed by atoms with Crippen molar-refractivity contribution in [2.75, 3.05) is 23.5 Å². The van der Waals surface area contributed by atoms with E-state index in [0.29, 0.717) is 17.9 Å². The average molecular weight is 430 g/mol. The zero-order valence-corrected chi connectivity index (χ0v) is 17.9. The summed E-state index contributed by atoms with van der Waals surface area (Å²) in [6.45, 7) is 2.61. The Balaban J connectivity index is 1.81. The Hall–Kier alpha value is -3.93. The minimum atomic E-state index is -0.521. The lowest BCUT2D eigenvalue weighted by atomic mass is 10.0. The Morgan fingerprint density at radius 1 is 0.906 bits per heavy atom. The molecule has 0 fully saturated rings. The molecule has 6 heteroatoms. The molecule has 3 aromatic rings. The molecule has 0 N–H and O–H groups in total. The molecular formula is C26H23FN2O3. The van der Waals surface area contributed by atoms with Gasteiger partial charge in [0, 0.05) is 12.7 Å². The van der Waals surface area contributed by atoms with Crippen LogP contribution in [0.1, 0.15) is 18.9 Å². The topological polar surface area (TPSA) is 49.9 Å². The Morgan fingerprint density at radius 2 is 1.62 bits per heavy atom. The average Bonchev–Trinajstić information content (AvgIpc) is 3.08. The molecule has 4 rings (SSSR count). The van der Waals surface area contributed by atoms with Crippen LogP contribution in [0.15, 0.2) is 84.6 Å². The number of hydrogen-bond donors (Lipinski definition) is 0. The lowest BCUT2D eigenvalue weighted by molar-refractivity contribution is -0.120. The second kappa shape index (κ2) is 9.06. The van der Waals surface area contributed by atoms with Crippen molar-refractivity contribution in [3.05, 3.63) is 95.9 Å². The van der Waals surface area contributed by atoms with Crippen molar-refractivity contribution < 1.29 is 18.7 Å². The van der Waals surface area contributed by atoms with E-state index in [9.17, 15) is 14.0 Å². The fourth-order valence-corrected chi connectivity index (χ4v) is 3.66. The quantitative estimate of drug-likeness (QED) is 0.493. The molecule has 1 aliphatic rings. The molecule has 5 nitrogen and oxygen atoms in total. The Bertz CT molecular complexity index is 1170. The highest BCUT2D eigenvalue weighted by Gasteiger charge is 2.42. The van der Waals surface area contributed by atoms with Crippen molar-refractivity contribution in [2.24, 2.45) is 0 Å². The van der Waals surface area contributed by atoms with E-state index in [0.717, 1.165) is 17.0 Å². The summed E-state index contributed by atoms with van der Waals surface area (Å²) in [5, 5.41) is 0. The minimum Gasteiger partial charge on any atom is -0.494 e. The van der Waals surface area contributed by atoms with Crippen LogP contribution < -0.4 is 14.5 Å². The van der Waals surface area contributed by atoms with Crippen LogP contribution in [0.4, 0.5) is 15.8 Å². The van der Waals surface area contributed by atoms with Gasteiger partial charge in [0.1, 0.15) is 17.3 Å². The zero-order valence-electron chi connectivity index (χ0n) is 17.9. The predicted molar refractivity (Wildman–Crippen MR) is 123 cm³/mol. The molecular weight excluding hydrogens is 407 g/mol. The maximum Gasteiger partial charge on any atom is 0.282 e. The maximum atomic E-state index is 13.9. The molecule has 0 aromatic heterocycles. The van der Waals surface area contributed by atoms with E-state index < -0.39 is 17.6 Å². The molecule has 1 aliphatic heterocycles. The summed E-state index contributed by atoms with van der Waals surface area (Å²) in [5.74, 6) is -0.839. The number of nitrogens with zero attached hydrogens (tertiary/aromatic N) is 2. The summed E-state index contributed by atoms with van der Waals surface area (Å²) in [7, 11) is 1.74. The van der Waals surface area contributed by atoms with Gasteiger partial charge in [-0.15, -0.1) is 0 Å². The van der Waals surface area contributed by atoms with Crippen molar-refractivity contribution in [1.82, 2.24) is 0 Å². The van der Waals surface area contributed by atoms with E-state index in [4.69, 9.17) is 4.74 Å². The highest BCUT2D eigenvalue weighted by atomic mass is 19.1. The molecule has 0 bridgehead atoms. The summed E-state index contributed by atoms with van der Waals surface area (Å²) in [6, 6.07) is 21.9. The number of anilines is 2. The van der Waals surface area contributed by atoms with Gasteiger partial charge in [0.05, 0.1) is 17.9 Å². The van der Waals surface area contributed by atoms with Gasteiger partial charge in [-0.2, -0.15) is 0 Å². The molecule has 162 valence electrons. The van der Waals surface area contributed by atoms with E-state index in [1.807, 2.05) is 37.3 Å². The van der Waals surface area contributed by atoms with Gasteiger partial charge in [0.2, 0.25) is 0 Å². The first-order valence-electron chi connectivity index (χ1n) is 10.4. The van der Waals surface area contributed by atoms with Crippen LogP contribution in [-0.4, -0.2) is 25.5 Å². The van der Waals surface area contributed by atoms with Crippen molar-refractivity contribution in [2.45, 2.75) is 13.3 Å². The first kappa shape index (κ1) is 21.3. The molecule has 0 radical (unpaired) electrons. The van der Waals surface area contributed by atoms with E-state index in [-0.39, 0.29) is 17.0 Å². The zero-order chi connectivity index (χ0) is 22.7. The number of hydrogen-bond acceptors (Lipinski definition) is 4. The number of ether oxygens (including phenoxy) is 1. The first-order valence-corrected chi connectivity index (χ1v) is 10.4. The van der Waals surface area contributed by atoms with Crippen molar-refractivity contribution in [3.63, 3.8) is 0 Å². The van der Waals surface area contributed by atoms with Crippen LogP contribution in [0.2, 0.25) is 0 Å². The monoisotopic (exact) mass is 430 g/mol. The Labute approximate surface area is 186 Å². The number of para-hydroxylation sites is 1. The highest BCUT2D eigenvalue weighted by Crippen LogP contribution is 2.36. The molecule has 0 saturated heterocycles. The van der Waals surface area contributed by atoms with E-state index in [1.165, 1.54) is 18.2 Å². The predicted octanol–water partition coefficient (Wildman–Crippen LogP) is 5.04. The number of carbonyl (C=O) groups excluding carboxylic acids is 2. The van der Waals surface area contributed by atoms with Crippen LogP contribution in [0.25, 0.3) is 5.57 Å². The van der Waals surface area contributed by atoms with E-state index in [2.05, 4.69) is 0 Å². The maximum absolute atomic E-state index is 13.9. The lowest BCUT2D eigenvalue weighted by Gasteiger charge is -2.21. The van der Waals surface area contributed by atoms with E-state index >= 15 is 0 Å². The third-order valence-electron chi connectivity index (χ3n) is 5.22. The molecule has 2 amide bonds. The third-order valence-corrected chi connectivity index (χ3v) is 5.22. The molecule has 3 aromatic carbocycles. The summed E-state index contributed by atoms with van der Waals surface area (Å²) >= 11 is 0. The molecule has 0 spiro atoms. The molecule has 0 atom stereocenters. The van der Waals surface area contributed by atoms with Crippen LogP contribution in [0.5, 0.6) is 5.75 Å². The standard InChI is InChI=1S/C26H23FN2O3/c1-3-16-32-22-14-12-18(13-15-22)23-24(28(2)20-9-5-4-6-10-20)26(31)29(25(23)30)21-11-7-8-19(27)17-21/h4-15,17H,3,16H2,1-2H3. The highest BCUT2D eigenvalue weighted by molar-refractivity contribution is 6.46. The fourth-order valence-electron chi connectivity index (χ4n) is 3.66. The second-order valence-corrected chi connectivity index (χ2v) is 7.42. The summed E-state index contributed by atoms with van der Waals surface area (Å²) < 4.78 is 19.5. The minimum absolute atomic E-state index is 0.192. The SMILES string of the molecule is CCCOc1ccc(C2=C(N(C)c3ccccc3)C(=O)N(c3cccc(F)c3)C2=O)cc1. The number of imide groups is 1. The number of carbonyl (C=O) groups is 2. The molecule has 0 aliphatic carbocycles. The normalized spacial score (nSPS) is 13.7. The summed E-state index contributed by atoms with van der Waals surface area (Å²) in [4.78, 5) is 29.7. The summed E-state index contributed by atoms with van der Waals surface area (Å²) in [6.07, 6.45) is 0.883. The first-order chi connectivity index (χ1) is 15.5. The van der Waals surface area contributed by atoms with Crippen molar-refractivity contribution in [3.8, 4) is 5.75 Å². The van der Waals surface area contributed by atoms with Crippen LogP contribution in [-0.2, 0) is 9.59 Å². The fraction of sp³-hybridized carbons (Fsp3) is 0.154. The molecule has 1 heterocycles. The van der Waals surface area contributed by atoms with Crippen molar-refractivity contribution >= 4 is 28.8 Å². The molecule has 0 saturated carbocycles. The van der Waals surface area contributed by atoms with Gasteiger partial charge in [-0.25, -0.2) is 9.29 Å². The summed E-state index contributed by atoms with van der Waals surface area (Å²) in [5.41, 5.74) is 2.02. The van der Waals surface area contributed by atoms with E-state index in [1.54, 1.807) is 42.3 Å². The van der Waals surface area contributed by atoms with Gasteiger partial charge in [-0.1, -0.05) is 43.3 Å². The van der Waals surface area contributed by atoms with Gasteiger partial charge in [0.15, 0.2) is 0 Å². The molecule has 32 heavy (non-hydrogen) atoms. The second-order valence-electron chi connectivity index (χ2n) is 7.42. The third kappa shape index (κ3) is 3.99. The van der Waals surface area contributed by atoms with Crippen LogP contribution in [0.3, 0.4) is 0 Å². The van der Waals surface area contributed by atoms with Gasteiger partial charge >= 0.3 is 0 Å². The van der Waals surface area contributed by atoms with Gasteiger partial charge < -0.3 is 9.64 Å². The lowest BCUT2D eigenvalue weighted by Crippen LogP contribution is -2.34. The van der Waals surface area contributed by atoms with Gasteiger partial charge in [-0.3, -0.25) is 9.59 Å². The Morgan fingerprint density at radius 3 is 2.28 bits per heavy atom. The van der Waals surface area contributed by atoms with Crippen molar-refractivity contribution in [1.29, 1.82) is 0 Å². The Kier molecular flexibility index (Phi) is 6.03. The number of rotatable bonds is 7.